The van der Waals surface area contributed by atoms with Crippen LogP contribution in [0, 0.1) is 0 Å². The van der Waals surface area contributed by atoms with Gasteiger partial charge in [0.15, 0.2) is 5.78 Å². The highest BCUT2D eigenvalue weighted by molar-refractivity contribution is 5.84. The zero-order valence-corrected chi connectivity index (χ0v) is 12.8. The van der Waals surface area contributed by atoms with Crippen LogP contribution in [0.1, 0.15) is 25.8 Å². The lowest BCUT2D eigenvalue weighted by Gasteiger charge is -2.28. The summed E-state index contributed by atoms with van der Waals surface area (Å²) in [6.45, 7) is 3.46. The first kappa shape index (κ1) is 15.7. The van der Waals surface area contributed by atoms with E-state index < -0.39 is 5.72 Å². The van der Waals surface area contributed by atoms with E-state index in [2.05, 4.69) is 20.1 Å². The Balaban J connectivity index is 2.24. The first-order valence-corrected chi connectivity index (χ1v) is 6.84. The van der Waals surface area contributed by atoms with Crippen LogP contribution in [-0.4, -0.2) is 33.9 Å². The normalized spacial score (nSPS) is 13.8. The van der Waals surface area contributed by atoms with E-state index in [-0.39, 0.29) is 5.78 Å². The third-order valence-electron chi connectivity index (χ3n) is 3.20. The van der Waals surface area contributed by atoms with Gasteiger partial charge in [-0.3, -0.25) is 4.79 Å². The van der Waals surface area contributed by atoms with Gasteiger partial charge in [0, 0.05) is 13.3 Å². The van der Waals surface area contributed by atoms with Crippen LogP contribution in [0.4, 0.5) is 0 Å². The maximum absolute atomic E-state index is 12.3. The number of ketones is 1. The number of ether oxygens (including phenoxy) is 1. The highest BCUT2D eigenvalue weighted by Crippen LogP contribution is 2.24. The fraction of sp³-hybridized carbons (Fsp3) is 0.333. The molecule has 1 aromatic carbocycles. The minimum atomic E-state index is -1.23. The lowest BCUT2D eigenvalue weighted by molar-refractivity contribution is -0.142. The number of Topliss-reactive ketones (excluding diaryl/α,β-unsaturated/α-hetero) is 1. The molecule has 2 rings (SSSR count). The fourth-order valence-corrected chi connectivity index (χ4v) is 1.95. The molecule has 0 fully saturated rings. The first-order valence-electron chi connectivity index (χ1n) is 6.84. The number of aromatic nitrogens is 3. The molecule has 0 aliphatic carbocycles. The third-order valence-corrected chi connectivity index (χ3v) is 3.20. The molecule has 0 aliphatic heterocycles. The smallest absolute Gasteiger partial charge is 0.258 e. The molecule has 0 saturated heterocycles. The summed E-state index contributed by atoms with van der Waals surface area (Å²) in [5.74, 6) is 0.456. The van der Waals surface area contributed by atoms with Crippen LogP contribution in [-0.2, 0) is 15.4 Å². The van der Waals surface area contributed by atoms with E-state index in [0.29, 0.717) is 12.2 Å². The molecule has 0 bridgehead atoms. The van der Waals surface area contributed by atoms with Crippen LogP contribution in [0.2, 0.25) is 0 Å². The maximum atomic E-state index is 12.3. The number of nitrogens with zero attached hydrogens (tertiary/aromatic N) is 4. The molecule has 1 atom stereocenters. The Labute approximate surface area is 128 Å². The summed E-state index contributed by atoms with van der Waals surface area (Å²) >= 11 is 0. The molecule has 0 N–H and O–H groups in total. The van der Waals surface area contributed by atoms with Crippen molar-refractivity contribution in [1.82, 2.24) is 14.8 Å². The monoisotopic (exact) mass is 302 g/mol. The van der Waals surface area contributed by atoms with E-state index >= 15 is 0 Å². The lowest BCUT2D eigenvalue weighted by atomic mass is 10.1. The van der Waals surface area contributed by atoms with Crippen molar-refractivity contribution in [2.75, 3.05) is 7.11 Å². The Hall–Kier alpha value is -2.70. The van der Waals surface area contributed by atoms with Crippen LogP contribution in [0.15, 0.2) is 42.1 Å². The Morgan fingerprint density at radius 1 is 1.41 bits per heavy atom. The summed E-state index contributed by atoms with van der Waals surface area (Å²) in [5, 5.41) is 7.72. The van der Waals surface area contributed by atoms with Crippen molar-refractivity contribution in [3.8, 4) is 5.75 Å². The van der Waals surface area contributed by atoms with E-state index in [1.54, 1.807) is 32.2 Å². The Bertz CT molecular complexity index is 637. The first-order chi connectivity index (χ1) is 10.6. The van der Waals surface area contributed by atoms with Gasteiger partial charge in [-0.15, -0.1) is 0 Å². The largest absolute Gasteiger partial charge is 0.459 e. The molecule has 0 radical (unpaired) electrons. The van der Waals surface area contributed by atoms with Crippen molar-refractivity contribution in [1.29, 1.82) is 0 Å². The molecule has 22 heavy (non-hydrogen) atoms. The van der Waals surface area contributed by atoms with Crippen LogP contribution in [0.25, 0.3) is 0 Å². The standard InChI is InChI=1S/C15H18N4O3/c1-4-14(20)15(2,19-11-16-10-17-19)22-13-7-5-12(6-8-13)9-18-21-3/h5-11H,4H2,1-3H3. The van der Waals surface area contributed by atoms with Gasteiger partial charge in [-0.05, 0) is 29.8 Å². The Morgan fingerprint density at radius 2 is 2.14 bits per heavy atom. The minimum absolute atomic E-state index is 0.0944. The quantitative estimate of drug-likeness (QED) is 0.577. The van der Waals surface area contributed by atoms with Crippen LogP contribution in [0.5, 0.6) is 5.75 Å². The predicted octanol–water partition coefficient (Wildman–Crippen LogP) is 1.99. The van der Waals surface area contributed by atoms with E-state index in [4.69, 9.17) is 4.74 Å². The molecule has 0 saturated carbocycles. The van der Waals surface area contributed by atoms with Gasteiger partial charge < -0.3 is 9.57 Å². The SMILES string of the molecule is CCC(=O)C(C)(Oc1ccc(C=NOC)cc1)n1cncn1. The van der Waals surface area contributed by atoms with Crippen molar-refractivity contribution >= 4 is 12.0 Å². The Kier molecular flexibility index (Phi) is 4.88. The average Bonchev–Trinajstić information content (AvgIpc) is 3.08. The van der Waals surface area contributed by atoms with Crippen LogP contribution < -0.4 is 4.74 Å². The molecule has 1 aromatic heterocycles. The summed E-state index contributed by atoms with van der Waals surface area (Å²) < 4.78 is 7.31. The van der Waals surface area contributed by atoms with Gasteiger partial charge in [0.1, 0.15) is 25.5 Å². The highest BCUT2D eigenvalue weighted by atomic mass is 16.6. The molecular weight excluding hydrogens is 284 g/mol. The number of oxime groups is 1. The molecular formula is C15H18N4O3. The number of carbonyl (C=O) groups is 1. The highest BCUT2D eigenvalue weighted by Gasteiger charge is 2.37. The number of rotatable bonds is 7. The summed E-state index contributed by atoms with van der Waals surface area (Å²) in [5.41, 5.74) is -0.369. The van der Waals surface area contributed by atoms with Crippen LogP contribution in [0.3, 0.4) is 0 Å². The molecule has 1 heterocycles. The van der Waals surface area contributed by atoms with Crippen molar-refractivity contribution in [2.45, 2.75) is 26.0 Å². The van der Waals surface area contributed by atoms with Gasteiger partial charge in [-0.25, -0.2) is 9.67 Å². The molecule has 116 valence electrons. The molecule has 7 nitrogen and oxygen atoms in total. The summed E-state index contributed by atoms with van der Waals surface area (Å²) in [4.78, 5) is 20.8. The van der Waals surface area contributed by atoms with Crippen LogP contribution >= 0.6 is 0 Å². The second-order valence-corrected chi connectivity index (χ2v) is 4.69. The fourth-order valence-electron chi connectivity index (χ4n) is 1.95. The number of benzene rings is 1. The maximum Gasteiger partial charge on any atom is 0.258 e. The molecule has 0 aliphatic rings. The van der Waals surface area contributed by atoms with E-state index in [1.165, 1.54) is 24.4 Å². The topological polar surface area (TPSA) is 78.6 Å². The second-order valence-electron chi connectivity index (χ2n) is 4.69. The van der Waals surface area contributed by atoms with E-state index in [0.717, 1.165) is 5.56 Å². The van der Waals surface area contributed by atoms with Gasteiger partial charge in [0.2, 0.25) is 0 Å². The van der Waals surface area contributed by atoms with Gasteiger partial charge in [0.25, 0.3) is 5.72 Å². The van der Waals surface area contributed by atoms with Crippen molar-refractivity contribution in [3.63, 3.8) is 0 Å². The minimum Gasteiger partial charge on any atom is -0.459 e. The lowest BCUT2D eigenvalue weighted by Crippen LogP contribution is -2.44. The van der Waals surface area contributed by atoms with Gasteiger partial charge in [0.05, 0.1) is 6.21 Å². The zero-order valence-electron chi connectivity index (χ0n) is 12.8. The number of hydrogen-bond donors (Lipinski definition) is 0. The van der Waals surface area contributed by atoms with E-state index in [9.17, 15) is 4.79 Å². The second kappa shape index (κ2) is 6.84. The van der Waals surface area contributed by atoms with Gasteiger partial charge >= 0.3 is 0 Å². The zero-order chi connectivity index (χ0) is 16.0. The van der Waals surface area contributed by atoms with E-state index in [1.807, 2.05) is 12.1 Å². The van der Waals surface area contributed by atoms with Crippen molar-refractivity contribution in [2.24, 2.45) is 5.16 Å². The molecule has 2 aromatic rings. The molecule has 0 amide bonds. The third kappa shape index (κ3) is 3.30. The van der Waals surface area contributed by atoms with Gasteiger partial charge in [-0.2, -0.15) is 5.10 Å². The predicted molar refractivity (Wildman–Crippen MR) is 80.6 cm³/mol. The molecule has 7 heteroatoms. The number of hydrogen-bond acceptors (Lipinski definition) is 6. The average molecular weight is 302 g/mol. The summed E-state index contributed by atoms with van der Waals surface area (Å²) in [6.07, 6.45) is 4.74. The molecule has 1 unspecified atom stereocenters. The van der Waals surface area contributed by atoms with Crippen molar-refractivity contribution < 1.29 is 14.4 Å². The summed E-state index contributed by atoms with van der Waals surface area (Å²) in [6, 6.07) is 7.15. The number of carbonyl (C=O) groups excluding carboxylic acids is 1. The molecule has 0 spiro atoms. The van der Waals surface area contributed by atoms with Gasteiger partial charge in [-0.1, -0.05) is 12.1 Å². The Morgan fingerprint density at radius 3 is 2.68 bits per heavy atom. The van der Waals surface area contributed by atoms with Crippen molar-refractivity contribution in [3.05, 3.63) is 42.5 Å². The summed E-state index contributed by atoms with van der Waals surface area (Å²) in [7, 11) is 1.48.